The molecular weight excluding hydrogens is 416 g/mol. The van der Waals surface area contributed by atoms with Crippen molar-refractivity contribution in [2.45, 2.75) is 25.4 Å². The molecule has 1 aromatic heterocycles. The number of hydrogen-bond acceptors (Lipinski definition) is 4. The zero-order chi connectivity index (χ0) is 23.0. The Morgan fingerprint density at radius 2 is 1.61 bits per heavy atom. The van der Waals surface area contributed by atoms with E-state index in [0.29, 0.717) is 19.5 Å². The topological polar surface area (TPSA) is 91.4 Å². The normalized spacial score (nSPS) is 16.3. The van der Waals surface area contributed by atoms with E-state index in [2.05, 4.69) is 15.6 Å². The second-order valence-corrected chi connectivity index (χ2v) is 8.07. The van der Waals surface area contributed by atoms with Gasteiger partial charge in [-0.05, 0) is 35.4 Å². The largest absolute Gasteiger partial charge is 0.350 e. The molecule has 1 saturated heterocycles. The summed E-state index contributed by atoms with van der Waals surface area (Å²) in [7, 11) is 0. The highest BCUT2D eigenvalue weighted by Gasteiger charge is 2.36. The van der Waals surface area contributed by atoms with Gasteiger partial charge in [0, 0.05) is 44.0 Å². The summed E-state index contributed by atoms with van der Waals surface area (Å²) in [5.41, 5.74) is 2.63. The Labute approximate surface area is 192 Å². The molecule has 0 radical (unpaired) electrons. The number of nitrogens with zero attached hydrogens (tertiary/aromatic N) is 2. The lowest BCUT2D eigenvalue weighted by atomic mass is 10.0. The van der Waals surface area contributed by atoms with Gasteiger partial charge in [-0.3, -0.25) is 19.4 Å². The van der Waals surface area contributed by atoms with E-state index in [9.17, 15) is 14.4 Å². The van der Waals surface area contributed by atoms with Crippen LogP contribution in [0.4, 0.5) is 5.69 Å². The van der Waals surface area contributed by atoms with Gasteiger partial charge in [-0.25, -0.2) is 0 Å². The van der Waals surface area contributed by atoms with Crippen LogP contribution in [0.1, 0.15) is 17.5 Å². The van der Waals surface area contributed by atoms with Crippen molar-refractivity contribution in [1.82, 2.24) is 15.6 Å². The predicted octanol–water partition coefficient (Wildman–Crippen LogP) is 2.48. The summed E-state index contributed by atoms with van der Waals surface area (Å²) in [6.45, 7) is 0.636. The minimum Gasteiger partial charge on any atom is -0.350 e. The monoisotopic (exact) mass is 442 g/mol. The van der Waals surface area contributed by atoms with Crippen molar-refractivity contribution in [1.29, 1.82) is 0 Å². The summed E-state index contributed by atoms with van der Waals surface area (Å²) < 4.78 is 0. The number of pyridine rings is 1. The molecule has 2 heterocycles. The lowest BCUT2D eigenvalue weighted by Gasteiger charge is -2.21. The standard InChI is InChI=1S/C26H26N4O3/c31-24-16-21(18-30(24)22-9-5-2-6-10-22)25(32)29-23(15-19-7-3-1-4-8-19)26(33)28-17-20-11-13-27-14-12-20/h1-14,21,23H,15-18H2,(H,28,33)(H,29,32)/t21-,23-/m1/s1. The van der Waals surface area contributed by atoms with Crippen LogP contribution in [0.25, 0.3) is 0 Å². The third kappa shape index (κ3) is 5.83. The van der Waals surface area contributed by atoms with Gasteiger partial charge in [0.25, 0.3) is 0 Å². The van der Waals surface area contributed by atoms with Crippen molar-refractivity contribution in [2.24, 2.45) is 5.92 Å². The molecule has 33 heavy (non-hydrogen) atoms. The van der Waals surface area contributed by atoms with Crippen LogP contribution >= 0.6 is 0 Å². The second-order valence-electron chi connectivity index (χ2n) is 8.07. The number of carbonyl (C=O) groups is 3. The van der Waals surface area contributed by atoms with Gasteiger partial charge < -0.3 is 15.5 Å². The van der Waals surface area contributed by atoms with Crippen LogP contribution in [-0.2, 0) is 27.3 Å². The van der Waals surface area contributed by atoms with E-state index in [0.717, 1.165) is 16.8 Å². The number of carbonyl (C=O) groups excluding carboxylic acids is 3. The lowest BCUT2D eigenvalue weighted by molar-refractivity contribution is -0.131. The molecule has 2 N–H and O–H groups in total. The van der Waals surface area contributed by atoms with Crippen LogP contribution in [0, 0.1) is 5.92 Å². The number of amides is 3. The summed E-state index contributed by atoms with van der Waals surface area (Å²) >= 11 is 0. The van der Waals surface area contributed by atoms with Gasteiger partial charge in [0.1, 0.15) is 6.04 Å². The smallest absolute Gasteiger partial charge is 0.243 e. The van der Waals surface area contributed by atoms with Crippen LogP contribution in [-0.4, -0.2) is 35.3 Å². The molecule has 3 amide bonds. The maximum absolute atomic E-state index is 13.1. The first kappa shape index (κ1) is 22.2. The quantitative estimate of drug-likeness (QED) is 0.561. The number of hydrogen-bond donors (Lipinski definition) is 2. The van der Waals surface area contributed by atoms with E-state index in [4.69, 9.17) is 0 Å². The maximum Gasteiger partial charge on any atom is 0.243 e. The highest BCUT2D eigenvalue weighted by molar-refractivity contribution is 6.01. The van der Waals surface area contributed by atoms with E-state index in [1.54, 1.807) is 17.3 Å². The number of para-hydroxylation sites is 1. The van der Waals surface area contributed by atoms with E-state index in [1.165, 1.54) is 0 Å². The van der Waals surface area contributed by atoms with Crippen LogP contribution < -0.4 is 15.5 Å². The molecule has 1 aliphatic rings. The highest BCUT2D eigenvalue weighted by Crippen LogP contribution is 2.25. The molecule has 0 saturated carbocycles. The Morgan fingerprint density at radius 1 is 0.939 bits per heavy atom. The minimum absolute atomic E-state index is 0.0944. The SMILES string of the molecule is O=C(N[C@H](Cc1ccccc1)C(=O)NCc1ccncc1)[C@@H]1CC(=O)N(c2ccccc2)C1. The number of benzene rings is 2. The molecule has 0 spiro atoms. The third-order valence-corrected chi connectivity index (χ3v) is 5.70. The number of rotatable bonds is 8. The highest BCUT2D eigenvalue weighted by atomic mass is 16.2. The zero-order valence-electron chi connectivity index (χ0n) is 18.2. The molecule has 0 aliphatic carbocycles. The molecule has 0 bridgehead atoms. The molecule has 2 aromatic carbocycles. The van der Waals surface area contributed by atoms with Gasteiger partial charge in [0.2, 0.25) is 17.7 Å². The maximum atomic E-state index is 13.1. The Bertz CT molecular complexity index is 1090. The first-order valence-corrected chi connectivity index (χ1v) is 11.0. The van der Waals surface area contributed by atoms with Gasteiger partial charge in [0.05, 0.1) is 5.92 Å². The Balaban J connectivity index is 1.43. The molecule has 1 aliphatic heterocycles. The van der Waals surface area contributed by atoms with Crippen molar-refractivity contribution >= 4 is 23.4 Å². The fraction of sp³-hybridized carbons (Fsp3) is 0.231. The summed E-state index contributed by atoms with van der Waals surface area (Å²) in [5, 5.41) is 5.79. The Hall–Kier alpha value is -4.00. The van der Waals surface area contributed by atoms with E-state index >= 15 is 0 Å². The molecular formula is C26H26N4O3. The van der Waals surface area contributed by atoms with Crippen LogP contribution in [0.5, 0.6) is 0 Å². The molecule has 168 valence electrons. The average Bonchev–Trinajstić information content (AvgIpc) is 3.25. The Morgan fingerprint density at radius 3 is 2.30 bits per heavy atom. The van der Waals surface area contributed by atoms with E-state index < -0.39 is 12.0 Å². The fourth-order valence-corrected chi connectivity index (χ4v) is 3.90. The predicted molar refractivity (Wildman–Crippen MR) is 125 cm³/mol. The van der Waals surface area contributed by atoms with Gasteiger partial charge >= 0.3 is 0 Å². The van der Waals surface area contributed by atoms with Gasteiger partial charge in [0.15, 0.2) is 0 Å². The van der Waals surface area contributed by atoms with E-state index in [1.807, 2.05) is 72.8 Å². The van der Waals surface area contributed by atoms with Crippen LogP contribution in [0.3, 0.4) is 0 Å². The zero-order valence-corrected chi connectivity index (χ0v) is 18.2. The number of aromatic nitrogens is 1. The van der Waals surface area contributed by atoms with Gasteiger partial charge in [-0.15, -0.1) is 0 Å². The molecule has 7 nitrogen and oxygen atoms in total. The average molecular weight is 443 g/mol. The van der Waals surface area contributed by atoms with Gasteiger partial charge in [-0.1, -0.05) is 48.5 Å². The van der Waals surface area contributed by atoms with Crippen molar-refractivity contribution in [2.75, 3.05) is 11.4 Å². The summed E-state index contributed by atoms with van der Waals surface area (Å²) in [4.78, 5) is 44.2. The molecule has 0 unspecified atom stereocenters. The molecule has 7 heteroatoms. The molecule has 3 aromatic rings. The van der Waals surface area contributed by atoms with Gasteiger partial charge in [-0.2, -0.15) is 0 Å². The molecule has 4 rings (SSSR count). The third-order valence-electron chi connectivity index (χ3n) is 5.70. The summed E-state index contributed by atoms with van der Waals surface area (Å²) in [6, 6.07) is 21.8. The first-order chi connectivity index (χ1) is 16.1. The molecule has 1 fully saturated rings. The molecule has 2 atom stereocenters. The van der Waals surface area contributed by atoms with E-state index in [-0.39, 0.29) is 24.1 Å². The summed E-state index contributed by atoms with van der Waals surface area (Å²) in [6.07, 6.45) is 3.82. The number of anilines is 1. The van der Waals surface area contributed by atoms with Crippen LogP contribution in [0.2, 0.25) is 0 Å². The van der Waals surface area contributed by atoms with Crippen LogP contribution in [0.15, 0.2) is 85.2 Å². The Kier molecular flexibility index (Phi) is 7.09. The van der Waals surface area contributed by atoms with Crippen molar-refractivity contribution in [3.63, 3.8) is 0 Å². The number of nitrogens with one attached hydrogen (secondary N) is 2. The second kappa shape index (κ2) is 10.5. The van der Waals surface area contributed by atoms with Crippen molar-refractivity contribution < 1.29 is 14.4 Å². The minimum atomic E-state index is -0.748. The summed E-state index contributed by atoms with van der Waals surface area (Å²) in [5.74, 6) is -1.16. The van der Waals surface area contributed by atoms with Crippen molar-refractivity contribution in [3.05, 3.63) is 96.3 Å². The fourth-order valence-electron chi connectivity index (χ4n) is 3.90. The van der Waals surface area contributed by atoms with Crippen molar-refractivity contribution in [3.8, 4) is 0 Å². The lowest BCUT2D eigenvalue weighted by Crippen LogP contribution is -2.49. The first-order valence-electron chi connectivity index (χ1n) is 11.0.